The molecule has 2 aliphatic heterocycles. The van der Waals surface area contributed by atoms with Crippen LogP contribution in [-0.4, -0.2) is 78.7 Å². The molecule has 182 valence electrons. The zero-order valence-corrected chi connectivity index (χ0v) is 19.8. The largest absolute Gasteiger partial charge is 0.507 e. The molecule has 2 heterocycles. The van der Waals surface area contributed by atoms with Crippen molar-refractivity contribution in [3.8, 4) is 5.75 Å². The van der Waals surface area contributed by atoms with Gasteiger partial charge in [-0.1, -0.05) is 6.07 Å². The average molecular weight is 490 g/mol. The molecule has 34 heavy (non-hydrogen) atoms. The summed E-state index contributed by atoms with van der Waals surface area (Å²) in [6, 6.07) is 9.88. The van der Waals surface area contributed by atoms with Gasteiger partial charge in [-0.25, -0.2) is 12.8 Å². The van der Waals surface area contributed by atoms with Crippen LogP contribution < -0.4 is 0 Å². The van der Waals surface area contributed by atoms with Gasteiger partial charge in [0, 0.05) is 50.7 Å². The summed E-state index contributed by atoms with van der Waals surface area (Å²) >= 11 is 0. The fraction of sp³-hybridized carbons (Fsp3) is 0.417. The highest BCUT2D eigenvalue weighted by Crippen LogP contribution is 2.28. The summed E-state index contributed by atoms with van der Waals surface area (Å²) in [7, 11) is -3.86. The number of nitrogens with zero attached hydrogens (tertiary/aromatic N) is 3. The molecule has 0 aliphatic carbocycles. The molecule has 2 amide bonds. The number of piperidine rings is 1. The van der Waals surface area contributed by atoms with Gasteiger partial charge in [0.1, 0.15) is 16.5 Å². The van der Waals surface area contributed by atoms with Gasteiger partial charge in [0.15, 0.2) is 0 Å². The Labute approximate surface area is 198 Å². The summed E-state index contributed by atoms with van der Waals surface area (Å²) in [6.45, 7) is 3.50. The molecule has 4 rings (SSSR count). The van der Waals surface area contributed by atoms with Crippen LogP contribution in [0.3, 0.4) is 0 Å². The molecule has 2 saturated heterocycles. The van der Waals surface area contributed by atoms with Crippen molar-refractivity contribution < 1.29 is 27.5 Å². The van der Waals surface area contributed by atoms with E-state index in [0.29, 0.717) is 31.5 Å². The van der Waals surface area contributed by atoms with Crippen LogP contribution in [0.2, 0.25) is 0 Å². The number of likely N-dealkylation sites (tertiary alicyclic amines) is 1. The molecule has 0 atom stereocenters. The molecule has 0 unspecified atom stereocenters. The zero-order chi connectivity index (χ0) is 24.5. The zero-order valence-electron chi connectivity index (χ0n) is 19.0. The van der Waals surface area contributed by atoms with E-state index in [1.54, 1.807) is 22.8 Å². The van der Waals surface area contributed by atoms with Crippen LogP contribution in [0.1, 0.15) is 28.8 Å². The average Bonchev–Trinajstić information content (AvgIpc) is 2.85. The minimum absolute atomic E-state index is 0.0238. The summed E-state index contributed by atoms with van der Waals surface area (Å²) < 4.78 is 40.4. The molecule has 0 saturated carbocycles. The normalized spacial score (nSPS) is 18.2. The van der Waals surface area contributed by atoms with Crippen LogP contribution in [0.15, 0.2) is 47.4 Å². The predicted octanol–water partition coefficient (Wildman–Crippen LogP) is 2.23. The number of hydrogen-bond donors (Lipinski definition) is 1. The van der Waals surface area contributed by atoms with E-state index in [1.807, 2.05) is 0 Å². The Balaban J connectivity index is 1.31. The van der Waals surface area contributed by atoms with E-state index in [2.05, 4.69) is 0 Å². The summed E-state index contributed by atoms with van der Waals surface area (Å²) in [5, 5.41) is 10.0. The molecule has 2 aromatic rings. The van der Waals surface area contributed by atoms with Crippen molar-refractivity contribution in [1.82, 2.24) is 14.1 Å². The van der Waals surface area contributed by atoms with Gasteiger partial charge in [0.05, 0.1) is 0 Å². The van der Waals surface area contributed by atoms with Crippen molar-refractivity contribution in [2.45, 2.75) is 24.7 Å². The van der Waals surface area contributed by atoms with Crippen LogP contribution >= 0.6 is 0 Å². The van der Waals surface area contributed by atoms with Crippen LogP contribution in [0.5, 0.6) is 5.75 Å². The number of carbonyl (C=O) groups is 2. The predicted molar refractivity (Wildman–Crippen MR) is 123 cm³/mol. The Hall–Kier alpha value is -2.98. The van der Waals surface area contributed by atoms with E-state index >= 15 is 0 Å². The second-order valence-electron chi connectivity index (χ2n) is 8.77. The molecule has 0 radical (unpaired) electrons. The molecule has 0 bridgehead atoms. The molecule has 0 aromatic heterocycles. The summed E-state index contributed by atoms with van der Waals surface area (Å²) in [4.78, 5) is 28.9. The lowest BCUT2D eigenvalue weighted by atomic mass is 9.94. The van der Waals surface area contributed by atoms with Gasteiger partial charge in [-0.05, 0) is 61.7 Å². The van der Waals surface area contributed by atoms with Gasteiger partial charge in [-0.3, -0.25) is 9.59 Å². The number of piperazine rings is 1. The van der Waals surface area contributed by atoms with Crippen molar-refractivity contribution in [1.29, 1.82) is 0 Å². The van der Waals surface area contributed by atoms with E-state index in [4.69, 9.17) is 0 Å². The molecular formula is C24H28FN3O5S. The molecule has 0 spiro atoms. The van der Waals surface area contributed by atoms with Gasteiger partial charge >= 0.3 is 0 Å². The monoisotopic (exact) mass is 489 g/mol. The highest BCUT2D eigenvalue weighted by molar-refractivity contribution is 7.89. The topological polar surface area (TPSA) is 98.2 Å². The third kappa shape index (κ3) is 4.92. The number of halogens is 1. The third-order valence-electron chi connectivity index (χ3n) is 6.51. The fourth-order valence-corrected chi connectivity index (χ4v) is 6.07. The first-order valence-corrected chi connectivity index (χ1v) is 12.7. The molecule has 2 aliphatic rings. The van der Waals surface area contributed by atoms with Gasteiger partial charge in [0.2, 0.25) is 15.9 Å². The Bertz CT molecular complexity index is 1170. The van der Waals surface area contributed by atoms with Crippen molar-refractivity contribution in [2.75, 3.05) is 39.3 Å². The van der Waals surface area contributed by atoms with Gasteiger partial charge in [0.25, 0.3) is 5.91 Å². The minimum Gasteiger partial charge on any atom is -0.507 e. The lowest BCUT2D eigenvalue weighted by Crippen LogP contribution is -2.53. The maximum Gasteiger partial charge on any atom is 0.253 e. The number of amides is 2. The number of rotatable bonds is 4. The molecule has 2 aromatic carbocycles. The molecule has 10 heteroatoms. The van der Waals surface area contributed by atoms with Crippen molar-refractivity contribution in [3.63, 3.8) is 0 Å². The van der Waals surface area contributed by atoms with Crippen LogP contribution in [0.4, 0.5) is 4.39 Å². The van der Waals surface area contributed by atoms with Crippen molar-refractivity contribution in [2.24, 2.45) is 5.92 Å². The first-order valence-electron chi connectivity index (χ1n) is 11.3. The molecular weight excluding hydrogens is 461 g/mol. The number of phenols is 1. The lowest BCUT2D eigenvalue weighted by Gasteiger charge is -2.38. The van der Waals surface area contributed by atoms with E-state index in [9.17, 15) is 27.5 Å². The Morgan fingerprint density at radius 1 is 0.912 bits per heavy atom. The van der Waals surface area contributed by atoms with Crippen molar-refractivity contribution >= 4 is 21.8 Å². The highest BCUT2D eigenvalue weighted by Gasteiger charge is 2.35. The number of aryl methyl sites for hydroxylation is 1. The number of hydrogen-bond acceptors (Lipinski definition) is 5. The van der Waals surface area contributed by atoms with Crippen LogP contribution in [0.25, 0.3) is 0 Å². The highest BCUT2D eigenvalue weighted by atomic mass is 32.2. The fourth-order valence-electron chi connectivity index (χ4n) is 4.48. The maximum atomic E-state index is 13.1. The van der Waals surface area contributed by atoms with Gasteiger partial charge in [-0.15, -0.1) is 0 Å². The smallest absolute Gasteiger partial charge is 0.253 e. The second kappa shape index (κ2) is 9.71. The van der Waals surface area contributed by atoms with Crippen molar-refractivity contribution in [3.05, 3.63) is 59.4 Å². The number of benzene rings is 2. The summed E-state index contributed by atoms with van der Waals surface area (Å²) in [5.41, 5.74) is 1.15. The SMILES string of the molecule is Cc1ccc(O)c(S(=O)(=O)N2CCN(C(=O)C3CCN(C(=O)c4ccc(F)cc4)CC3)CC2)c1. The van der Waals surface area contributed by atoms with Gasteiger partial charge < -0.3 is 14.9 Å². The first kappa shape index (κ1) is 24.2. The van der Waals surface area contributed by atoms with Crippen LogP contribution in [-0.2, 0) is 14.8 Å². The van der Waals surface area contributed by atoms with Gasteiger partial charge in [-0.2, -0.15) is 4.31 Å². The summed E-state index contributed by atoms with van der Waals surface area (Å²) in [6.07, 6.45) is 1.06. The Kier molecular flexibility index (Phi) is 6.90. The Morgan fingerprint density at radius 2 is 1.53 bits per heavy atom. The molecule has 8 nitrogen and oxygen atoms in total. The number of sulfonamides is 1. The molecule has 1 N–H and O–H groups in total. The number of phenolic OH excluding ortho intramolecular Hbond substituents is 1. The Morgan fingerprint density at radius 3 is 2.15 bits per heavy atom. The second-order valence-corrected chi connectivity index (χ2v) is 10.7. The summed E-state index contributed by atoms with van der Waals surface area (Å²) in [5.74, 6) is -1.11. The van der Waals surface area contributed by atoms with E-state index in [0.717, 1.165) is 5.56 Å². The third-order valence-corrected chi connectivity index (χ3v) is 8.43. The standard InChI is InChI=1S/C24H28FN3O5S/c1-17-2-7-21(29)22(16-17)34(32,33)28-14-12-27(13-15-28)24(31)19-8-10-26(11-9-19)23(30)18-3-5-20(25)6-4-18/h2-7,16,19,29H,8-15H2,1H3. The van der Waals surface area contributed by atoms with Crippen LogP contribution in [0, 0.1) is 18.7 Å². The van der Waals surface area contributed by atoms with E-state index in [1.165, 1.54) is 40.7 Å². The first-order chi connectivity index (χ1) is 16.2. The minimum atomic E-state index is -3.86. The quantitative estimate of drug-likeness (QED) is 0.710. The number of aromatic hydroxyl groups is 1. The van der Waals surface area contributed by atoms with E-state index < -0.39 is 15.8 Å². The molecule has 2 fully saturated rings. The number of carbonyl (C=O) groups excluding carboxylic acids is 2. The maximum absolute atomic E-state index is 13.1. The van der Waals surface area contributed by atoms with E-state index in [-0.39, 0.29) is 54.6 Å². The lowest BCUT2D eigenvalue weighted by molar-refractivity contribution is -0.138.